The standard InChI is InChI=1S/C13H12F2N4/c14-10-6-12-13(7-11(10)15)19(9-17-12)4-1-3-18-5-2-16-8-18/h2,5-9H,1,3-4H2. The highest BCUT2D eigenvalue weighted by molar-refractivity contribution is 5.75. The summed E-state index contributed by atoms with van der Waals surface area (Å²) in [6.45, 7) is 1.52. The third kappa shape index (κ3) is 2.33. The molecule has 0 atom stereocenters. The first-order chi connectivity index (χ1) is 9.24. The van der Waals surface area contributed by atoms with Crippen molar-refractivity contribution in [3.05, 3.63) is 48.8 Å². The van der Waals surface area contributed by atoms with Gasteiger partial charge in [-0.05, 0) is 6.42 Å². The van der Waals surface area contributed by atoms with Gasteiger partial charge in [-0.3, -0.25) is 0 Å². The third-order valence-corrected chi connectivity index (χ3v) is 3.04. The van der Waals surface area contributed by atoms with Gasteiger partial charge in [0, 0.05) is 37.6 Å². The summed E-state index contributed by atoms with van der Waals surface area (Å²) in [7, 11) is 0. The average molecular weight is 262 g/mol. The highest BCUT2D eigenvalue weighted by Crippen LogP contribution is 2.17. The van der Waals surface area contributed by atoms with Gasteiger partial charge in [0.2, 0.25) is 0 Å². The Morgan fingerprint density at radius 1 is 1.05 bits per heavy atom. The van der Waals surface area contributed by atoms with Crippen molar-refractivity contribution in [1.29, 1.82) is 0 Å². The van der Waals surface area contributed by atoms with Crippen LogP contribution in [0.1, 0.15) is 6.42 Å². The van der Waals surface area contributed by atoms with E-state index in [1.54, 1.807) is 18.9 Å². The van der Waals surface area contributed by atoms with Gasteiger partial charge in [0.1, 0.15) is 0 Å². The summed E-state index contributed by atoms with van der Waals surface area (Å²) < 4.78 is 30.1. The maximum atomic E-state index is 13.2. The summed E-state index contributed by atoms with van der Waals surface area (Å²) in [5, 5.41) is 0. The van der Waals surface area contributed by atoms with E-state index >= 15 is 0 Å². The van der Waals surface area contributed by atoms with E-state index in [0.29, 0.717) is 17.6 Å². The molecule has 0 amide bonds. The van der Waals surface area contributed by atoms with Crippen LogP contribution in [0.4, 0.5) is 8.78 Å². The number of hydrogen-bond donors (Lipinski definition) is 0. The predicted molar refractivity (Wildman–Crippen MR) is 66.5 cm³/mol. The Kier molecular flexibility index (Phi) is 2.98. The van der Waals surface area contributed by atoms with Crippen molar-refractivity contribution in [2.75, 3.05) is 0 Å². The normalized spacial score (nSPS) is 11.3. The SMILES string of the molecule is Fc1cc2ncn(CCCn3ccnc3)c2cc1F. The van der Waals surface area contributed by atoms with Gasteiger partial charge in [-0.2, -0.15) is 0 Å². The average Bonchev–Trinajstić information content (AvgIpc) is 3.02. The number of aryl methyl sites for hydroxylation is 2. The number of fused-ring (bicyclic) bond motifs is 1. The zero-order valence-electron chi connectivity index (χ0n) is 10.1. The highest BCUT2D eigenvalue weighted by atomic mass is 19.2. The summed E-state index contributed by atoms with van der Waals surface area (Å²) in [6, 6.07) is 2.31. The lowest BCUT2D eigenvalue weighted by Crippen LogP contribution is -2.02. The quantitative estimate of drug-likeness (QED) is 0.724. The van der Waals surface area contributed by atoms with Crippen molar-refractivity contribution in [1.82, 2.24) is 19.1 Å². The molecule has 0 bridgehead atoms. The molecular weight excluding hydrogens is 250 g/mol. The minimum atomic E-state index is -0.865. The zero-order chi connectivity index (χ0) is 13.2. The summed E-state index contributed by atoms with van der Waals surface area (Å²) >= 11 is 0. The Hall–Kier alpha value is -2.24. The van der Waals surface area contributed by atoms with Crippen LogP contribution in [-0.4, -0.2) is 19.1 Å². The lowest BCUT2D eigenvalue weighted by molar-refractivity contribution is 0.509. The fourth-order valence-corrected chi connectivity index (χ4v) is 2.07. The fourth-order valence-electron chi connectivity index (χ4n) is 2.07. The Morgan fingerprint density at radius 2 is 1.89 bits per heavy atom. The van der Waals surface area contributed by atoms with Crippen LogP contribution in [0.2, 0.25) is 0 Å². The van der Waals surface area contributed by atoms with Gasteiger partial charge < -0.3 is 9.13 Å². The van der Waals surface area contributed by atoms with E-state index < -0.39 is 11.6 Å². The van der Waals surface area contributed by atoms with E-state index in [2.05, 4.69) is 9.97 Å². The minimum absolute atomic E-state index is 0.474. The van der Waals surface area contributed by atoms with Crippen LogP contribution in [0.25, 0.3) is 11.0 Å². The van der Waals surface area contributed by atoms with Crippen LogP contribution in [0.5, 0.6) is 0 Å². The van der Waals surface area contributed by atoms with E-state index in [1.165, 1.54) is 6.07 Å². The molecule has 0 aliphatic carbocycles. The number of benzene rings is 1. The Morgan fingerprint density at radius 3 is 2.68 bits per heavy atom. The molecule has 0 spiro atoms. The van der Waals surface area contributed by atoms with Crippen molar-refractivity contribution in [3.8, 4) is 0 Å². The summed E-state index contributed by atoms with van der Waals surface area (Å²) in [4.78, 5) is 8.04. The van der Waals surface area contributed by atoms with Crippen LogP contribution >= 0.6 is 0 Å². The molecule has 1 aromatic carbocycles. The van der Waals surface area contributed by atoms with Crippen molar-refractivity contribution < 1.29 is 8.78 Å². The van der Waals surface area contributed by atoms with Crippen molar-refractivity contribution >= 4 is 11.0 Å². The molecule has 2 aromatic heterocycles. The maximum absolute atomic E-state index is 13.2. The molecule has 0 saturated carbocycles. The van der Waals surface area contributed by atoms with Gasteiger partial charge in [-0.25, -0.2) is 18.7 Å². The summed E-state index contributed by atoms with van der Waals surface area (Å²) in [5.41, 5.74) is 1.09. The van der Waals surface area contributed by atoms with Gasteiger partial charge >= 0.3 is 0 Å². The van der Waals surface area contributed by atoms with Crippen molar-refractivity contribution in [2.45, 2.75) is 19.5 Å². The van der Waals surface area contributed by atoms with Crippen LogP contribution in [0.3, 0.4) is 0 Å². The first-order valence-corrected chi connectivity index (χ1v) is 5.99. The monoisotopic (exact) mass is 262 g/mol. The molecule has 0 unspecified atom stereocenters. The molecule has 0 N–H and O–H groups in total. The topological polar surface area (TPSA) is 35.6 Å². The predicted octanol–water partition coefficient (Wildman–Crippen LogP) is 2.60. The highest BCUT2D eigenvalue weighted by Gasteiger charge is 2.08. The van der Waals surface area contributed by atoms with Gasteiger partial charge in [0.05, 0.1) is 23.7 Å². The maximum Gasteiger partial charge on any atom is 0.161 e. The van der Waals surface area contributed by atoms with Gasteiger partial charge in [0.25, 0.3) is 0 Å². The van der Waals surface area contributed by atoms with Crippen LogP contribution in [-0.2, 0) is 13.1 Å². The number of imidazole rings is 2. The number of aromatic nitrogens is 4. The largest absolute Gasteiger partial charge is 0.337 e. The zero-order valence-corrected chi connectivity index (χ0v) is 10.1. The smallest absolute Gasteiger partial charge is 0.161 e. The molecule has 0 radical (unpaired) electrons. The Balaban J connectivity index is 1.76. The van der Waals surface area contributed by atoms with Crippen molar-refractivity contribution in [3.63, 3.8) is 0 Å². The molecule has 2 heterocycles. The second-order valence-corrected chi connectivity index (χ2v) is 4.35. The number of halogens is 2. The summed E-state index contributed by atoms with van der Waals surface area (Å²) in [5.74, 6) is -1.71. The third-order valence-electron chi connectivity index (χ3n) is 3.04. The summed E-state index contributed by atoms with van der Waals surface area (Å²) in [6.07, 6.45) is 7.84. The molecule has 0 fully saturated rings. The molecule has 0 aliphatic heterocycles. The molecule has 0 saturated heterocycles. The second kappa shape index (κ2) is 4.79. The number of nitrogens with zero attached hydrogens (tertiary/aromatic N) is 4. The van der Waals surface area contributed by atoms with Crippen LogP contribution in [0.15, 0.2) is 37.2 Å². The van der Waals surface area contributed by atoms with Gasteiger partial charge in [0.15, 0.2) is 11.6 Å². The van der Waals surface area contributed by atoms with Gasteiger partial charge in [-0.1, -0.05) is 0 Å². The van der Waals surface area contributed by atoms with E-state index in [4.69, 9.17) is 0 Å². The molecule has 0 aliphatic rings. The Bertz CT molecular complexity index is 688. The van der Waals surface area contributed by atoms with Crippen molar-refractivity contribution in [2.24, 2.45) is 0 Å². The fraction of sp³-hybridized carbons (Fsp3) is 0.231. The first-order valence-electron chi connectivity index (χ1n) is 5.99. The lowest BCUT2D eigenvalue weighted by atomic mass is 10.3. The van der Waals surface area contributed by atoms with Crippen LogP contribution in [0, 0.1) is 11.6 Å². The minimum Gasteiger partial charge on any atom is -0.337 e. The van der Waals surface area contributed by atoms with E-state index in [-0.39, 0.29) is 0 Å². The second-order valence-electron chi connectivity index (χ2n) is 4.35. The lowest BCUT2D eigenvalue weighted by Gasteiger charge is -2.05. The van der Waals surface area contributed by atoms with E-state index in [0.717, 1.165) is 19.0 Å². The molecule has 3 rings (SSSR count). The number of rotatable bonds is 4. The van der Waals surface area contributed by atoms with E-state index in [1.807, 2.05) is 15.3 Å². The molecule has 19 heavy (non-hydrogen) atoms. The Labute approximate surface area is 108 Å². The molecule has 6 heteroatoms. The molecule has 4 nitrogen and oxygen atoms in total. The number of hydrogen-bond acceptors (Lipinski definition) is 2. The molecule has 3 aromatic rings. The van der Waals surface area contributed by atoms with Crippen LogP contribution < -0.4 is 0 Å². The van der Waals surface area contributed by atoms with Gasteiger partial charge in [-0.15, -0.1) is 0 Å². The van der Waals surface area contributed by atoms with E-state index in [9.17, 15) is 8.78 Å². The molecule has 98 valence electrons. The molecular formula is C13H12F2N4. The first kappa shape index (κ1) is 11.8.